The van der Waals surface area contributed by atoms with Crippen molar-refractivity contribution in [1.29, 1.82) is 0 Å². The standard InChI is InChI=1S/C46H68N7O9P3S2/c1-43(59-63(47,54)55,37-21-9-5-10-22-37)29-17-33-50-41(66)52-35-19-31-45(3,39-25-13-7-14-26-39)61-65(49,58)62-46(4,40-27-15-8-16-28-40)32-20-36-53-42(67)51-34-18-30-44(2,60-64(48,56)57)38-23-11-6-12-24-38/h5-16,21-28H,17-20,29-36H2,1-4H3,(H2,49,58)(H3,47,54,55)(H3,48,56,57)(H2,50,52,66)(H2,51,53,67). The number of hydrogen-bond donors (Lipinski definition) is 9. The highest BCUT2D eigenvalue weighted by molar-refractivity contribution is 7.80. The molecule has 6 unspecified atom stereocenters. The molecule has 0 spiro atoms. The summed E-state index contributed by atoms with van der Waals surface area (Å²) < 4.78 is 62.1. The minimum absolute atomic E-state index is 0.401. The van der Waals surface area contributed by atoms with Crippen LogP contribution in [0, 0.1) is 0 Å². The lowest BCUT2D eigenvalue weighted by molar-refractivity contribution is 0.00182. The Morgan fingerprint density at radius 2 is 0.657 bits per heavy atom. The third-order valence-electron chi connectivity index (χ3n) is 11.3. The summed E-state index contributed by atoms with van der Waals surface area (Å²) in [5.41, 5.74) is 15.9. The van der Waals surface area contributed by atoms with E-state index in [-0.39, 0.29) is 0 Å². The highest BCUT2D eigenvalue weighted by Gasteiger charge is 2.42. The normalized spacial score (nSPS) is 17.9. The fraction of sp³-hybridized carbons (Fsp3) is 0.435. The van der Waals surface area contributed by atoms with Gasteiger partial charge in [-0.05, 0) is 126 Å². The zero-order valence-electron chi connectivity index (χ0n) is 38.7. The molecule has 0 aliphatic carbocycles. The summed E-state index contributed by atoms with van der Waals surface area (Å²) in [5.74, 6) is 0. The molecule has 0 aliphatic rings. The Morgan fingerprint density at radius 3 is 0.866 bits per heavy atom. The molecule has 0 saturated heterocycles. The van der Waals surface area contributed by atoms with Crippen molar-refractivity contribution >= 4 is 57.9 Å². The predicted octanol–water partition coefficient (Wildman–Crippen LogP) is 8.95. The molecule has 0 amide bonds. The molecule has 368 valence electrons. The van der Waals surface area contributed by atoms with Gasteiger partial charge in [0.25, 0.3) is 0 Å². The van der Waals surface area contributed by atoms with Crippen molar-refractivity contribution in [2.24, 2.45) is 16.5 Å². The molecule has 0 aromatic heterocycles. The molecule has 21 heteroatoms. The smallest absolute Gasteiger partial charge is 0.363 e. The van der Waals surface area contributed by atoms with E-state index in [9.17, 15) is 23.5 Å². The topological polar surface area (TPSA) is 255 Å². The van der Waals surface area contributed by atoms with Gasteiger partial charge in [0.2, 0.25) is 0 Å². The second-order valence-corrected chi connectivity index (χ2v) is 22.1. The largest absolute Gasteiger partial charge is 0.404 e. The molecule has 6 atom stereocenters. The van der Waals surface area contributed by atoms with Crippen LogP contribution in [0.25, 0.3) is 0 Å². The van der Waals surface area contributed by atoms with Crippen LogP contribution in [0.15, 0.2) is 121 Å². The lowest BCUT2D eigenvalue weighted by Gasteiger charge is -2.37. The average molecular weight is 1020 g/mol. The van der Waals surface area contributed by atoms with Gasteiger partial charge in [0, 0.05) is 26.2 Å². The Balaban J connectivity index is 1.30. The van der Waals surface area contributed by atoms with Gasteiger partial charge in [-0.25, -0.2) is 30.2 Å². The third-order valence-corrected chi connectivity index (χ3v) is 14.5. The SMILES string of the molecule is CC(CCCNC(=S)NCCCC(C)(OP(N)(=O)OC(C)(CCCNC(=S)NCCCC(C)(OP(N)(=O)O)c1ccccc1)c1ccccc1)c1ccccc1)(OP(N)(=O)O)c1ccccc1. The van der Waals surface area contributed by atoms with Gasteiger partial charge in [0.1, 0.15) is 22.4 Å². The van der Waals surface area contributed by atoms with E-state index < -0.39 is 45.6 Å². The summed E-state index contributed by atoms with van der Waals surface area (Å²) >= 11 is 11.1. The molecular formula is C46H68N7O9P3S2. The number of benzene rings is 4. The summed E-state index contributed by atoms with van der Waals surface area (Å²) in [6.07, 6.45) is 3.86. The first-order valence-corrected chi connectivity index (χ1v) is 27.9. The molecule has 0 bridgehead atoms. The molecule has 0 saturated carbocycles. The monoisotopic (exact) mass is 1020 g/mol. The summed E-state index contributed by atoms with van der Waals surface area (Å²) in [6.45, 7) is 9.03. The summed E-state index contributed by atoms with van der Waals surface area (Å²) in [7, 11) is -12.8. The van der Waals surface area contributed by atoms with Crippen LogP contribution in [0.2, 0.25) is 0 Å². The van der Waals surface area contributed by atoms with Crippen molar-refractivity contribution in [3.8, 4) is 0 Å². The van der Waals surface area contributed by atoms with Gasteiger partial charge in [-0.2, -0.15) is 0 Å². The molecular weight excluding hydrogens is 952 g/mol. The van der Waals surface area contributed by atoms with Crippen LogP contribution in [0.5, 0.6) is 0 Å². The Bertz CT molecular complexity index is 2150. The van der Waals surface area contributed by atoms with Crippen molar-refractivity contribution < 1.29 is 41.6 Å². The highest BCUT2D eigenvalue weighted by atomic mass is 32.1. The molecule has 0 fully saturated rings. The van der Waals surface area contributed by atoms with Crippen LogP contribution >= 0.6 is 47.7 Å². The lowest BCUT2D eigenvalue weighted by atomic mass is 9.91. The third kappa shape index (κ3) is 19.5. The van der Waals surface area contributed by atoms with Crippen LogP contribution in [0.1, 0.15) is 101 Å². The van der Waals surface area contributed by atoms with Crippen molar-refractivity contribution in [3.63, 3.8) is 0 Å². The second-order valence-electron chi connectivity index (χ2n) is 17.2. The van der Waals surface area contributed by atoms with Crippen molar-refractivity contribution in [1.82, 2.24) is 21.3 Å². The first-order valence-electron chi connectivity index (χ1n) is 22.1. The zero-order chi connectivity index (χ0) is 49.2. The number of nitrogens with two attached hydrogens (primary N) is 3. The van der Waals surface area contributed by atoms with Crippen molar-refractivity contribution in [2.45, 2.75) is 101 Å². The van der Waals surface area contributed by atoms with E-state index in [1.54, 1.807) is 13.8 Å². The fourth-order valence-electron chi connectivity index (χ4n) is 7.93. The average Bonchev–Trinajstić information content (AvgIpc) is 3.27. The minimum atomic E-state index is -4.26. The Kier molecular flexibility index (Phi) is 21.3. The van der Waals surface area contributed by atoms with Crippen LogP contribution in [0.4, 0.5) is 0 Å². The quantitative estimate of drug-likeness (QED) is 0.0146. The molecule has 16 nitrogen and oxygen atoms in total. The van der Waals surface area contributed by atoms with E-state index in [0.717, 1.165) is 22.3 Å². The Labute approximate surface area is 406 Å². The maximum atomic E-state index is 14.4. The van der Waals surface area contributed by atoms with Gasteiger partial charge in [-0.1, -0.05) is 121 Å². The van der Waals surface area contributed by atoms with Gasteiger partial charge < -0.3 is 31.1 Å². The van der Waals surface area contributed by atoms with Gasteiger partial charge in [-0.3, -0.25) is 18.1 Å². The van der Waals surface area contributed by atoms with Gasteiger partial charge >= 0.3 is 23.2 Å². The van der Waals surface area contributed by atoms with E-state index in [1.807, 2.05) is 135 Å². The van der Waals surface area contributed by atoms with Gasteiger partial charge in [-0.15, -0.1) is 0 Å². The van der Waals surface area contributed by atoms with E-state index in [1.165, 1.54) is 0 Å². The first-order chi connectivity index (χ1) is 31.5. The maximum Gasteiger partial charge on any atom is 0.404 e. The number of hydrogen-bond acceptors (Lipinski definition) is 9. The molecule has 67 heavy (non-hydrogen) atoms. The summed E-state index contributed by atoms with van der Waals surface area (Å²) in [4.78, 5) is 19.6. The van der Waals surface area contributed by atoms with E-state index in [2.05, 4.69) is 21.3 Å². The summed E-state index contributed by atoms with van der Waals surface area (Å²) in [6, 6.07) is 37.2. The molecule has 0 radical (unpaired) electrons. The minimum Gasteiger partial charge on any atom is -0.363 e. The molecule has 4 rings (SSSR count). The summed E-state index contributed by atoms with van der Waals surface area (Å²) in [5, 5.41) is 13.7. The number of nitrogens with one attached hydrogen (secondary N) is 4. The molecule has 0 heterocycles. The molecule has 12 N–H and O–H groups in total. The van der Waals surface area contributed by atoms with Crippen LogP contribution < -0.4 is 37.8 Å². The Hall–Kier alpha value is -3.41. The van der Waals surface area contributed by atoms with Crippen molar-refractivity contribution in [2.75, 3.05) is 26.2 Å². The highest BCUT2D eigenvalue weighted by Crippen LogP contribution is 2.54. The molecule has 4 aromatic carbocycles. The zero-order valence-corrected chi connectivity index (χ0v) is 43.0. The van der Waals surface area contributed by atoms with Gasteiger partial charge in [0.05, 0.1) is 0 Å². The van der Waals surface area contributed by atoms with Crippen molar-refractivity contribution in [3.05, 3.63) is 144 Å². The van der Waals surface area contributed by atoms with E-state index in [4.69, 9.17) is 59.0 Å². The predicted molar refractivity (Wildman–Crippen MR) is 273 cm³/mol. The number of thiocarbonyl (C=S) groups is 2. The maximum absolute atomic E-state index is 14.4. The fourth-order valence-corrected chi connectivity index (χ4v) is 11.4. The van der Waals surface area contributed by atoms with Crippen LogP contribution in [-0.4, -0.2) is 46.2 Å². The molecule has 4 aromatic rings. The lowest BCUT2D eigenvalue weighted by Crippen LogP contribution is -2.38. The second kappa shape index (κ2) is 25.4. The number of rotatable bonds is 28. The van der Waals surface area contributed by atoms with Gasteiger partial charge in [0.15, 0.2) is 10.2 Å². The van der Waals surface area contributed by atoms with Crippen LogP contribution in [0.3, 0.4) is 0 Å². The van der Waals surface area contributed by atoms with E-state index >= 15 is 0 Å². The van der Waals surface area contributed by atoms with E-state index in [0.29, 0.717) is 87.8 Å². The van der Waals surface area contributed by atoms with Crippen LogP contribution in [-0.2, 0) is 54.2 Å². The first kappa shape index (κ1) is 56.2. The Morgan fingerprint density at radius 1 is 0.448 bits per heavy atom. The molecule has 0 aliphatic heterocycles.